The van der Waals surface area contributed by atoms with Gasteiger partial charge in [0.25, 0.3) is 0 Å². The van der Waals surface area contributed by atoms with Gasteiger partial charge in [-0.25, -0.2) is 15.0 Å². The van der Waals surface area contributed by atoms with Crippen LogP contribution in [0.5, 0.6) is 0 Å². The number of benzene rings is 1. The number of imidazole rings is 1. The number of alkyl halides is 3. The number of rotatable bonds is 4. The number of hydrogen-bond donors (Lipinski definition) is 0. The molecule has 1 saturated heterocycles. The molecule has 34 heavy (non-hydrogen) atoms. The van der Waals surface area contributed by atoms with Gasteiger partial charge in [-0.1, -0.05) is 30.3 Å². The molecule has 1 aromatic carbocycles. The highest BCUT2D eigenvalue weighted by Crippen LogP contribution is 2.33. The summed E-state index contributed by atoms with van der Waals surface area (Å²) in [5, 5.41) is 0. The van der Waals surface area contributed by atoms with Crippen LogP contribution in [0.2, 0.25) is 0 Å². The molecule has 0 N–H and O–H groups in total. The molecule has 0 amide bonds. The van der Waals surface area contributed by atoms with Crippen LogP contribution in [0.15, 0.2) is 61.1 Å². The Morgan fingerprint density at radius 1 is 0.971 bits per heavy atom. The van der Waals surface area contributed by atoms with Crippen molar-refractivity contribution in [2.75, 3.05) is 31.1 Å². The maximum absolute atomic E-state index is 13.8. The van der Waals surface area contributed by atoms with E-state index in [1.165, 1.54) is 5.56 Å². The third kappa shape index (κ3) is 4.35. The second-order valence-electron chi connectivity index (χ2n) is 8.61. The van der Waals surface area contributed by atoms with E-state index in [2.05, 4.69) is 38.9 Å². The Bertz CT molecular complexity index is 1290. The fourth-order valence-electron chi connectivity index (χ4n) is 4.43. The smallest absolute Gasteiger partial charge is 0.354 e. The summed E-state index contributed by atoms with van der Waals surface area (Å²) in [6, 6.07) is 13.3. The van der Waals surface area contributed by atoms with Crippen molar-refractivity contribution in [3.05, 3.63) is 77.9 Å². The van der Waals surface area contributed by atoms with Gasteiger partial charge in [-0.2, -0.15) is 13.2 Å². The lowest BCUT2D eigenvalue weighted by atomic mass is 10.1. The molecular formula is C25H25F3N6. The van der Waals surface area contributed by atoms with Gasteiger partial charge >= 0.3 is 6.18 Å². The SMILES string of the molecule is Cc1cc2nccn2cc1-c1nc(N2CCN(C(C)c3ccccc3)CC2)cc(C(F)(F)F)n1. The molecule has 5 rings (SSSR count). The molecule has 1 unspecified atom stereocenters. The zero-order chi connectivity index (χ0) is 23.9. The third-order valence-corrected chi connectivity index (χ3v) is 6.45. The maximum atomic E-state index is 13.8. The molecule has 3 aromatic heterocycles. The summed E-state index contributed by atoms with van der Waals surface area (Å²) in [5.74, 6) is 0.368. The summed E-state index contributed by atoms with van der Waals surface area (Å²) >= 11 is 0. The third-order valence-electron chi connectivity index (χ3n) is 6.45. The van der Waals surface area contributed by atoms with E-state index in [-0.39, 0.29) is 11.9 Å². The Labute approximate surface area is 195 Å². The zero-order valence-electron chi connectivity index (χ0n) is 19.0. The summed E-state index contributed by atoms with van der Waals surface area (Å²) in [4.78, 5) is 17.0. The maximum Gasteiger partial charge on any atom is 0.433 e. The lowest BCUT2D eigenvalue weighted by Gasteiger charge is -2.39. The highest BCUT2D eigenvalue weighted by atomic mass is 19.4. The van der Waals surface area contributed by atoms with E-state index in [9.17, 15) is 13.2 Å². The van der Waals surface area contributed by atoms with Crippen LogP contribution in [0.4, 0.5) is 19.0 Å². The van der Waals surface area contributed by atoms with E-state index >= 15 is 0 Å². The van der Waals surface area contributed by atoms with Gasteiger partial charge in [0.15, 0.2) is 11.5 Å². The van der Waals surface area contributed by atoms with Crippen LogP contribution in [0.25, 0.3) is 17.0 Å². The fourth-order valence-corrected chi connectivity index (χ4v) is 4.43. The van der Waals surface area contributed by atoms with Crippen molar-refractivity contribution in [3.8, 4) is 11.4 Å². The summed E-state index contributed by atoms with van der Waals surface area (Å²) in [7, 11) is 0. The second kappa shape index (κ2) is 8.72. The van der Waals surface area contributed by atoms with Crippen LogP contribution in [-0.4, -0.2) is 50.4 Å². The molecule has 176 valence electrons. The first-order valence-corrected chi connectivity index (χ1v) is 11.2. The molecule has 0 aliphatic carbocycles. The largest absolute Gasteiger partial charge is 0.433 e. The van der Waals surface area contributed by atoms with Gasteiger partial charge in [0.1, 0.15) is 11.5 Å². The molecule has 1 aliphatic heterocycles. The van der Waals surface area contributed by atoms with Crippen molar-refractivity contribution in [3.63, 3.8) is 0 Å². The average Bonchev–Trinajstić information content (AvgIpc) is 3.30. The van der Waals surface area contributed by atoms with E-state index in [4.69, 9.17) is 0 Å². The zero-order valence-corrected chi connectivity index (χ0v) is 19.0. The Morgan fingerprint density at radius 3 is 2.41 bits per heavy atom. The lowest BCUT2D eigenvalue weighted by Crippen LogP contribution is -2.47. The number of hydrogen-bond acceptors (Lipinski definition) is 5. The van der Waals surface area contributed by atoms with Gasteiger partial charge in [0.2, 0.25) is 0 Å². The molecule has 6 nitrogen and oxygen atoms in total. The molecule has 1 atom stereocenters. The number of aryl methyl sites for hydroxylation is 1. The van der Waals surface area contributed by atoms with E-state index in [1.807, 2.05) is 36.1 Å². The Kier molecular flexibility index (Phi) is 5.73. The molecule has 4 heterocycles. The molecule has 0 bridgehead atoms. The first-order valence-electron chi connectivity index (χ1n) is 11.2. The van der Waals surface area contributed by atoms with Crippen molar-refractivity contribution in [2.45, 2.75) is 26.1 Å². The van der Waals surface area contributed by atoms with Gasteiger partial charge in [-0.3, -0.25) is 4.90 Å². The van der Waals surface area contributed by atoms with Crippen molar-refractivity contribution >= 4 is 11.5 Å². The van der Waals surface area contributed by atoms with Crippen molar-refractivity contribution in [1.82, 2.24) is 24.3 Å². The number of nitrogens with zero attached hydrogens (tertiary/aromatic N) is 6. The number of anilines is 1. The summed E-state index contributed by atoms with van der Waals surface area (Å²) in [6.45, 7) is 6.63. The van der Waals surface area contributed by atoms with Gasteiger partial charge in [-0.15, -0.1) is 0 Å². The van der Waals surface area contributed by atoms with Gasteiger partial charge in [0, 0.05) is 62.4 Å². The number of piperazine rings is 1. The minimum absolute atomic E-state index is 0.0676. The van der Waals surface area contributed by atoms with Crippen molar-refractivity contribution < 1.29 is 13.2 Å². The van der Waals surface area contributed by atoms with E-state index in [1.54, 1.807) is 23.0 Å². The minimum atomic E-state index is -4.57. The first-order chi connectivity index (χ1) is 16.3. The highest BCUT2D eigenvalue weighted by Gasteiger charge is 2.35. The fraction of sp³-hybridized carbons (Fsp3) is 0.320. The van der Waals surface area contributed by atoms with Crippen LogP contribution >= 0.6 is 0 Å². The van der Waals surface area contributed by atoms with Crippen LogP contribution in [-0.2, 0) is 6.18 Å². The summed E-state index contributed by atoms with van der Waals surface area (Å²) in [6.07, 6.45) is 0.562. The first kappa shape index (κ1) is 22.3. The number of halogens is 3. The molecule has 9 heteroatoms. The van der Waals surface area contributed by atoms with E-state index in [0.29, 0.717) is 24.5 Å². The molecule has 4 aromatic rings. The number of pyridine rings is 1. The lowest BCUT2D eigenvalue weighted by molar-refractivity contribution is -0.141. The monoisotopic (exact) mass is 466 g/mol. The van der Waals surface area contributed by atoms with Gasteiger partial charge in [-0.05, 0) is 31.0 Å². The molecular weight excluding hydrogens is 441 g/mol. The molecule has 1 fully saturated rings. The normalized spacial score (nSPS) is 16.2. The molecule has 0 spiro atoms. The van der Waals surface area contributed by atoms with Crippen LogP contribution in [0.3, 0.4) is 0 Å². The topological polar surface area (TPSA) is 49.6 Å². The Morgan fingerprint density at radius 2 is 1.71 bits per heavy atom. The van der Waals surface area contributed by atoms with Gasteiger partial charge < -0.3 is 9.30 Å². The van der Waals surface area contributed by atoms with Crippen molar-refractivity contribution in [2.24, 2.45) is 0 Å². The predicted octanol–water partition coefficient (Wildman–Crippen LogP) is 5.00. The highest BCUT2D eigenvalue weighted by molar-refractivity contribution is 5.64. The Hall–Kier alpha value is -3.46. The molecule has 0 radical (unpaired) electrons. The van der Waals surface area contributed by atoms with Crippen LogP contribution < -0.4 is 4.90 Å². The second-order valence-corrected chi connectivity index (χ2v) is 8.61. The number of fused-ring (bicyclic) bond motifs is 1. The predicted molar refractivity (Wildman–Crippen MR) is 125 cm³/mol. The minimum Gasteiger partial charge on any atom is -0.354 e. The Balaban J connectivity index is 1.44. The van der Waals surface area contributed by atoms with Crippen LogP contribution in [0, 0.1) is 6.92 Å². The van der Waals surface area contributed by atoms with Crippen molar-refractivity contribution in [1.29, 1.82) is 0 Å². The van der Waals surface area contributed by atoms with E-state index in [0.717, 1.165) is 30.4 Å². The standard InChI is InChI=1S/C25H25F3N6/c1-17-14-22-29-8-9-34(22)16-20(17)24-30-21(25(26,27)28)15-23(31-24)33-12-10-32(11-13-33)18(2)19-6-4-3-5-7-19/h3-9,14-16,18H,10-13H2,1-2H3. The molecule has 1 aliphatic rings. The molecule has 0 saturated carbocycles. The average molecular weight is 467 g/mol. The summed E-state index contributed by atoms with van der Waals surface area (Å²) in [5.41, 5.74) is 2.33. The summed E-state index contributed by atoms with van der Waals surface area (Å²) < 4.78 is 43.0. The number of aromatic nitrogens is 4. The van der Waals surface area contributed by atoms with Crippen LogP contribution in [0.1, 0.15) is 29.8 Å². The van der Waals surface area contributed by atoms with Gasteiger partial charge in [0.05, 0.1) is 0 Å². The quantitative estimate of drug-likeness (QED) is 0.424. The van der Waals surface area contributed by atoms with E-state index < -0.39 is 11.9 Å².